The van der Waals surface area contributed by atoms with E-state index in [0.29, 0.717) is 6.54 Å². The quantitative estimate of drug-likeness (QED) is 0.463. The van der Waals surface area contributed by atoms with E-state index in [2.05, 4.69) is 0 Å². The van der Waals surface area contributed by atoms with Gasteiger partial charge in [-0.3, -0.25) is 4.79 Å². The molecule has 0 unspecified atom stereocenters. The van der Waals surface area contributed by atoms with Gasteiger partial charge in [-0.15, -0.1) is 11.6 Å². The van der Waals surface area contributed by atoms with Gasteiger partial charge < -0.3 is 4.90 Å². The second kappa shape index (κ2) is 4.94. The third kappa shape index (κ3) is 2.96. The maximum absolute atomic E-state index is 10.8. The predicted molar refractivity (Wildman–Crippen MR) is 42.0 cm³/mol. The fourth-order valence-electron chi connectivity index (χ4n) is 0.392. The Kier molecular flexibility index (Phi) is 5.00. The van der Waals surface area contributed by atoms with Crippen molar-refractivity contribution in [2.75, 3.05) is 18.8 Å². The third-order valence-corrected chi connectivity index (χ3v) is 1.85. The number of thioether (sulfide) groups is 1. The van der Waals surface area contributed by atoms with E-state index in [1.54, 1.807) is 11.2 Å². The van der Waals surface area contributed by atoms with E-state index in [0.717, 1.165) is 0 Å². The summed E-state index contributed by atoms with van der Waals surface area (Å²) >= 11 is 6.62. The largest absolute Gasteiger partial charge is 0.320 e. The van der Waals surface area contributed by atoms with Gasteiger partial charge in [0.15, 0.2) is 0 Å². The minimum atomic E-state index is 0.0347. The molecule has 2 nitrogen and oxygen atoms in total. The van der Waals surface area contributed by atoms with E-state index in [1.807, 2.05) is 6.92 Å². The molecule has 0 bridgehead atoms. The zero-order chi connectivity index (χ0) is 7.28. The molecule has 0 aliphatic rings. The lowest BCUT2D eigenvalue weighted by Crippen LogP contribution is -2.25. The van der Waals surface area contributed by atoms with Gasteiger partial charge in [0.2, 0.25) is 0 Å². The molecule has 0 aliphatic heterocycles. The summed E-state index contributed by atoms with van der Waals surface area (Å²) in [6.07, 6.45) is 1.75. The third-order valence-electron chi connectivity index (χ3n) is 0.959. The minimum Gasteiger partial charge on any atom is -0.320 e. The van der Waals surface area contributed by atoms with Gasteiger partial charge in [0, 0.05) is 6.54 Å². The van der Waals surface area contributed by atoms with E-state index in [4.69, 9.17) is 11.6 Å². The molecule has 54 valence electrons. The Balaban J connectivity index is 3.64. The van der Waals surface area contributed by atoms with E-state index in [1.165, 1.54) is 11.8 Å². The van der Waals surface area contributed by atoms with Crippen molar-refractivity contribution in [1.29, 1.82) is 0 Å². The van der Waals surface area contributed by atoms with Crippen LogP contribution in [0.5, 0.6) is 0 Å². The van der Waals surface area contributed by atoms with Gasteiger partial charge in [-0.05, 0) is 13.2 Å². The number of carbonyl (C=O) groups is 1. The van der Waals surface area contributed by atoms with Gasteiger partial charge in [0.1, 0.15) is 0 Å². The number of hydrogen-bond acceptors (Lipinski definition) is 2. The number of amides is 1. The molecule has 0 spiro atoms. The molecule has 0 N–H and O–H groups in total. The zero-order valence-corrected chi connectivity index (χ0v) is 7.13. The summed E-state index contributed by atoms with van der Waals surface area (Å²) in [5, 5.41) is 0.0347. The number of halogens is 1. The summed E-state index contributed by atoms with van der Waals surface area (Å²) in [4.78, 5) is 12.3. The Morgan fingerprint density at radius 2 is 2.33 bits per heavy atom. The van der Waals surface area contributed by atoms with Gasteiger partial charge in [-0.2, -0.15) is 0 Å². The van der Waals surface area contributed by atoms with Crippen LogP contribution in [0.3, 0.4) is 0 Å². The lowest BCUT2D eigenvalue weighted by Gasteiger charge is -2.14. The first-order valence-corrected chi connectivity index (χ1v) is 4.41. The van der Waals surface area contributed by atoms with Crippen molar-refractivity contribution in [2.24, 2.45) is 0 Å². The van der Waals surface area contributed by atoms with Crippen molar-refractivity contribution in [3.8, 4) is 0 Å². The van der Waals surface area contributed by atoms with Gasteiger partial charge in [0.05, 0.1) is 6.00 Å². The molecular formula is C5H10ClNOS. The SMILES string of the molecule is CCN(CCl)C(=O)SC. The summed E-state index contributed by atoms with van der Waals surface area (Å²) in [7, 11) is 0. The monoisotopic (exact) mass is 167 g/mol. The molecule has 0 fully saturated rings. The van der Waals surface area contributed by atoms with Crippen LogP contribution in [-0.4, -0.2) is 28.9 Å². The van der Waals surface area contributed by atoms with E-state index in [9.17, 15) is 4.79 Å². The molecule has 0 saturated heterocycles. The van der Waals surface area contributed by atoms with E-state index in [-0.39, 0.29) is 11.2 Å². The maximum Gasteiger partial charge on any atom is 0.282 e. The first-order valence-electron chi connectivity index (χ1n) is 2.65. The Bertz CT molecular complexity index is 95.0. The van der Waals surface area contributed by atoms with Gasteiger partial charge in [-0.25, -0.2) is 0 Å². The summed E-state index contributed by atoms with van der Waals surface area (Å²) in [6, 6.07) is 0.288. The Hall–Kier alpha value is 0.110. The molecule has 0 aromatic rings. The molecule has 0 heterocycles. The highest BCUT2D eigenvalue weighted by Crippen LogP contribution is 2.04. The summed E-state index contributed by atoms with van der Waals surface area (Å²) in [5.74, 6) is 0. The van der Waals surface area contributed by atoms with Gasteiger partial charge in [0.25, 0.3) is 5.24 Å². The molecule has 4 heteroatoms. The highest BCUT2D eigenvalue weighted by molar-refractivity contribution is 8.12. The van der Waals surface area contributed by atoms with Crippen LogP contribution in [0.15, 0.2) is 0 Å². The van der Waals surface area contributed by atoms with Crippen LogP contribution >= 0.6 is 23.4 Å². The maximum atomic E-state index is 10.8. The van der Waals surface area contributed by atoms with E-state index >= 15 is 0 Å². The highest BCUT2D eigenvalue weighted by Gasteiger charge is 2.06. The Morgan fingerprint density at radius 1 is 1.78 bits per heavy atom. The van der Waals surface area contributed by atoms with Crippen molar-refractivity contribution in [1.82, 2.24) is 4.90 Å². The van der Waals surface area contributed by atoms with Crippen molar-refractivity contribution in [3.63, 3.8) is 0 Å². The van der Waals surface area contributed by atoms with Crippen LogP contribution in [0.4, 0.5) is 4.79 Å². The van der Waals surface area contributed by atoms with Crippen molar-refractivity contribution in [2.45, 2.75) is 6.92 Å². The lowest BCUT2D eigenvalue weighted by molar-refractivity contribution is 0.233. The average Bonchev–Trinajstić information content (AvgIpc) is 1.90. The molecule has 1 amide bonds. The van der Waals surface area contributed by atoms with Crippen molar-refractivity contribution >= 4 is 28.6 Å². The fourth-order valence-corrected chi connectivity index (χ4v) is 1.19. The number of rotatable bonds is 2. The minimum absolute atomic E-state index is 0.0347. The van der Waals surface area contributed by atoms with Crippen LogP contribution < -0.4 is 0 Å². The smallest absolute Gasteiger partial charge is 0.282 e. The van der Waals surface area contributed by atoms with Gasteiger partial charge in [-0.1, -0.05) is 11.8 Å². The molecule has 0 aromatic heterocycles. The summed E-state index contributed by atoms with van der Waals surface area (Å²) in [5.41, 5.74) is 0. The van der Waals surface area contributed by atoms with Crippen molar-refractivity contribution < 1.29 is 4.79 Å². The standard InChI is InChI=1S/C5H10ClNOS/c1-3-7(4-6)5(8)9-2/h3-4H2,1-2H3. The van der Waals surface area contributed by atoms with Crippen LogP contribution in [0, 0.1) is 0 Å². The van der Waals surface area contributed by atoms with Crippen LogP contribution in [0.1, 0.15) is 6.92 Å². The molecule has 0 rings (SSSR count). The van der Waals surface area contributed by atoms with Crippen LogP contribution in [-0.2, 0) is 0 Å². The molecular weight excluding hydrogens is 158 g/mol. The Labute approximate surface area is 64.5 Å². The zero-order valence-electron chi connectivity index (χ0n) is 5.56. The second-order valence-electron chi connectivity index (χ2n) is 1.45. The number of carbonyl (C=O) groups excluding carboxylic acids is 1. The first kappa shape index (κ1) is 9.11. The normalized spacial score (nSPS) is 9.22. The van der Waals surface area contributed by atoms with E-state index < -0.39 is 0 Å². The number of hydrogen-bond donors (Lipinski definition) is 0. The molecule has 0 saturated carbocycles. The Morgan fingerprint density at radius 3 is 2.44 bits per heavy atom. The van der Waals surface area contributed by atoms with Crippen molar-refractivity contribution in [3.05, 3.63) is 0 Å². The topological polar surface area (TPSA) is 20.3 Å². The van der Waals surface area contributed by atoms with Crippen LogP contribution in [0.2, 0.25) is 0 Å². The first-order chi connectivity index (χ1) is 4.26. The summed E-state index contributed by atoms with van der Waals surface area (Å²) in [6.45, 7) is 2.58. The molecule has 0 aromatic carbocycles. The average molecular weight is 168 g/mol. The highest BCUT2D eigenvalue weighted by atomic mass is 35.5. The van der Waals surface area contributed by atoms with Gasteiger partial charge >= 0.3 is 0 Å². The number of nitrogens with zero attached hydrogens (tertiary/aromatic N) is 1. The molecule has 0 atom stereocenters. The predicted octanol–water partition coefficient (Wildman–Crippen LogP) is 1.99. The second-order valence-corrected chi connectivity index (χ2v) is 2.44. The summed E-state index contributed by atoms with van der Waals surface area (Å²) < 4.78 is 0. The molecule has 9 heavy (non-hydrogen) atoms. The number of alkyl halides is 1. The molecule has 0 radical (unpaired) electrons. The molecule has 0 aliphatic carbocycles. The fraction of sp³-hybridized carbons (Fsp3) is 0.800. The lowest BCUT2D eigenvalue weighted by atomic mass is 10.7. The van der Waals surface area contributed by atoms with Crippen LogP contribution in [0.25, 0.3) is 0 Å².